The van der Waals surface area contributed by atoms with Crippen molar-refractivity contribution in [1.82, 2.24) is 4.90 Å². The maximum Gasteiger partial charge on any atom is 0.341 e. The Hall–Kier alpha value is -2.75. The molecule has 0 spiro atoms. The van der Waals surface area contributed by atoms with Crippen LogP contribution in [0, 0.1) is 0 Å². The Morgan fingerprint density at radius 1 is 1.19 bits per heavy atom. The van der Waals surface area contributed by atoms with Gasteiger partial charge in [-0.25, -0.2) is 4.79 Å². The first-order valence-electron chi connectivity index (χ1n) is 12.5. The topological polar surface area (TPSA) is 75.7 Å². The number of hydrogen-bond donors (Lipinski definition) is 1. The van der Waals surface area contributed by atoms with Crippen molar-refractivity contribution in [2.45, 2.75) is 52.4 Å². The number of anilines is 1. The summed E-state index contributed by atoms with van der Waals surface area (Å²) >= 11 is 8.20. The number of amides is 2. The second-order valence-corrected chi connectivity index (χ2v) is 11.7. The van der Waals surface area contributed by atoms with Gasteiger partial charge in [-0.2, -0.15) is 0 Å². The lowest BCUT2D eigenvalue weighted by molar-refractivity contribution is -0.122. The molecule has 1 aliphatic heterocycles. The lowest BCUT2D eigenvalue weighted by atomic mass is 9.95. The molecule has 0 atom stereocenters. The summed E-state index contributed by atoms with van der Waals surface area (Å²) in [5.74, 6) is -0.698. The average Bonchev–Trinajstić information content (AvgIpc) is 3.36. The summed E-state index contributed by atoms with van der Waals surface area (Å²) in [5.41, 5.74) is 3.56. The summed E-state index contributed by atoms with van der Waals surface area (Å²) in [6.45, 7) is 4.38. The number of benzene rings is 1. The molecule has 1 N–H and O–H groups in total. The molecule has 0 bridgehead atoms. The number of carbonyl (C=O) groups is 3. The van der Waals surface area contributed by atoms with E-state index in [1.54, 1.807) is 11.8 Å². The molecule has 0 saturated carbocycles. The normalized spacial score (nSPS) is 16.8. The molecule has 0 unspecified atom stereocenters. The van der Waals surface area contributed by atoms with Crippen LogP contribution in [-0.4, -0.2) is 40.2 Å². The molecule has 4 rings (SSSR count). The molecule has 6 nitrogen and oxygen atoms in total. The van der Waals surface area contributed by atoms with Gasteiger partial charge in [-0.1, -0.05) is 60.4 Å². The quantitative estimate of drug-likeness (QED) is 0.221. The van der Waals surface area contributed by atoms with Crippen LogP contribution in [0.5, 0.6) is 0 Å². The fourth-order valence-electron chi connectivity index (χ4n) is 4.41. The zero-order valence-electron chi connectivity index (χ0n) is 21.0. The third kappa shape index (κ3) is 6.77. The number of ether oxygens (including phenoxy) is 1. The van der Waals surface area contributed by atoms with Gasteiger partial charge >= 0.3 is 5.97 Å². The van der Waals surface area contributed by atoms with Crippen LogP contribution < -0.4 is 5.32 Å². The van der Waals surface area contributed by atoms with E-state index in [4.69, 9.17) is 17.0 Å². The molecule has 0 radical (unpaired) electrons. The van der Waals surface area contributed by atoms with Crippen LogP contribution in [0.1, 0.15) is 65.9 Å². The molecule has 194 valence electrons. The Balaban J connectivity index is 1.34. The van der Waals surface area contributed by atoms with Crippen LogP contribution in [-0.2, 0) is 27.2 Å². The molecule has 1 aromatic heterocycles. The smallest absolute Gasteiger partial charge is 0.341 e. The van der Waals surface area contributed by atoms with Crippen molar-refractivity contribution in [3.8, 4) is 0 Å². The van der Waals surface area contributed by atoms with Crippen molar-refractivity contribution < 1.29 is 19.1 Å². The summed E-state index contributed by atoms with van der Waals surface area (Å²) in [4.78, 5) is 41.6. The zero-order chi connectivity index (χ0) is 26.4. The molecular formula is C28H30N2O4S3. The van der Waals surface area contributed by atoms with Gasteiger partial charge in [0.05, 0.1) is 17.1 Å². The van der Waals surface area contributed by atoms with Crippen molar-refractivity contribution in [3.05, 3.63) is 68.5 Å². The molecule has 2 heterocycles. The predicted octanol–water partition coefficient (Wildman–Crippen LogP) is 6.37. The van der Waals surface area contributed by atoms with E-state index in [0.717, 1.165) is 47.3 Å². The molecule has 37 heavy (non-hydrogen) atoms. The van der Waals surface area contributed by atoms with E-state index in [2.05, 4.69) is 5.32 Å². The molecule has 1 aliphatic carbocycles. The number of thiophene rings is 1. The van der Waals surface area contributed by atoms with Gasteiger partial charge in [-0.3, -0.25) is 14.5 Å². The van der Waals surface area contributed by atoms with E-state index in [-0.39, 0.29) is 30.8 Å². The monoisotopic (exact) mass is 554 g/mol. The lowest BCUT2D eigenvalue weighted by Gasteiger charge is -2.14. The summed E-state index contributed by atoms with van der Waals surface area (Å²) in [6.07, 6.45) is 8.42. The van der Waals surface area contributed by atoms with Gasteiger partial charge < -0.3 is 10.1 Å². The number of thiocarbonyl (C=S) groups is 1. The van der Waals surface area contributed by atoms with Crippen LogP contribution in [0.15, 0.2) is 46.9 Å². The Labute approximate surface area is 231 Å². The number of hydrogen-bond acceptors (Lipinski definition) is 7. The minimum atomic E-state index is -0.377. The van der Waals surface area contributed by atoms with Crippen molar-refractivity contribution in [1.29, 1.82) is 0 Å². The average molecular weight is 555 g/mol. The van der Waals surface area contributed by atoms with E-state index in [9.17, 15) is 14.4 Å². The second-order valence-electron chi connectivity index (χ2n) is 8.92. The molecule has 1 fully saturated rings. The van der Waals surface area contributed by atoms with Crippen molar-refractivity contribution >= 4 is 68.5 Å². The number of esters is 1. The van der Waals surface area contributed by atoms with Crippen LogP contribution in [0.2, 0.25) is 0 Å². The molecule has 2 amide bonds. The Morgan fingerprint density at radius 2 is 1.95 bits per heavy atom. The second kappa shape index (κ2) is 12.7. The highest BCUT2D eigenvalue weighted by molar-refractivity contribution is 8.26. The van der Waals surface area contributed by atoms with E-state index < -0.39 is 0 Å². The third-order valence-corrected chi connectivity index (χ3v) is 8.70. The highest BCUT2D eigenvalue weighted by Gasteiger charge is 2.32. The first-order valence-corrected chi connectivity index (χ1v) is 14.5. The van der Waals surface area contributed by atoms with Crippen LogP contribution in [0.25, 0.3) is 6.08 Å². The Morgan fingerprint density at radius 3 is 2.70 bits per heavy atom. The number of nitrogens with one attached hydrogen (secondary N) is 1. The fourth-order valence-corrected chi connectivity index (χ4v) is 7.07. The van der Waals surface area contributed by atoms with Crippen LogP contribution in [0.3, 0.4) is 0 Å². The van der Waals surface area contributed by atoms with E-state index >= 15 is 0 Å². The van der Waals surface area contributed by atoms with E-state index in [0.29, 0.717) is 32.8 Å². The number of fused-ring (bicyclic) bond motifs is 1. The minimum Gasteiger partial charge on any atom is -0.462 e. The summed E-state index contributed by atoms with van der Waals surface area (Å²) < 4.78 is 5.76. The number of nitrogens with zero attached hydrogens (tertiary/aromatic N) is 1. The predicted molar refractivity (Wildman–Crippen MR) is 155 cm³/mol. The Kier molecular flexibility index (Phi) is 9.34. The highest BCUT2D eigenvalue weighted by atomic mass is 32.2. The van der Waals surface area contributed by atoms with E-state index in [1.807, 2.05) is 49.4 Å². The standard InChI is InChI=1S/C28H30N2O4S3/c1-3-34-27(33)24-20-12-7-8-13-21(20)36-25(24)29-23(31)14-9-15-30-26(32)22(37-28(30)35)17-18(2)16-19-10-5-4-6-11-19/h4-6,10-11,16-17H,3,7-9,12-15H2,1-2H3,(H,29,31)/b18-16+,22-17-. The van der Waals surface area contributed by atoms with Gasteiger partial charge in [-0.05, 0) is 68.7 Å². The molecule has 2 aliphatic rings. The number of aryl methyl sites for hydroxylation is 1. The number of thioether (sulfide) groups is 1. The van der Waals surface area contributed by atoms with Gasteiger partial charge in [0.2, 0.25) is 5.91 Å². The van der Waals surface area contributed by atoms with Gasteiger partial charge in [0.1, 0.15) is 9.32 Å². The van der Waals surface area contributed by atoms with Gasteiger partial charge in [0.15, 0.2) is 0 Å². The maximum atomic E-state index is 12.9. The van der Waals surface area contributed by atoms with E-state index in [1.165, 1.54) is 23.1 Å². The fraction of sp³-hybridized carbons (Fsp3) is 0.357. The Bertz CT molecular complexity index is 1260. The number of carbonyl (C=O) groups excluding carboxylic acids is 3. The van der Waals surface area contributed by atoms with Crippen LogP contribution in [0.4, 0.5) is 5.00 Å². The van der Waals surface area contributed by atoms with Crippen molar-refractivity contribution in [3.63, 3.8) is 0 Å². The molecule has 9 heteroatoms. The molecule has 1 aromatic carbocycles. The summed E-state index contributed by atoms with van der Waals surface area (Å²) in [6, 6.07) is 9.92. The third-order valence-electron chi connectivity index (χ3n) is 6.12. The van der Waals surface area contributed by atoms with Crippen molar-refractivity contribution in [2.24, 2.45) is 0 Å². The number of allylic oxidation sites excluding steroid dienone is 2. The lowest BCUT2D eigenvalue weighted by Crippen LogP contribution is -2.29. The first kappa shape index (κ1) is 27.3. The summed E-state index contributed by atoms with van der Waals surface area (Å²) in [7, 11) is 0. The van der Waals surface area contributed by atoms with Gasteiger partial charge in [0.25, 0.3) is 5.91 Å². The maximum absolute atomic E-state index is 12.9. The molecule has 1 saturated heterocycles. The molecular weight excluding hydrogens is 525 g/mol. The first-order chi connectivity index (χ1) is 17.9. The number of rotatable bonds is 9. The van der Waals surface area contributed by atoms with Crippen molar-refractivity contribution in [2.75, 3.05) is 18.5 Å². The van der Waals surface area contributed by atoms with Crippen LogP contribution >= 0.6 is 35.3 Å². The largest absolute Gasteiger partial charge is 0.462 e. The summed E-state index contributed by atoms with van der Waals surface area (Å²) in [5, 5.41) is 3.51. The highest BCUT2D eigenvalue weighted by Crippen LogP contribution is 2.39. The zero-order valence-corrected chi connectivity index (χ0v) is 23.5. The van der Waals surface area contributed by atoms with Gasteiger partial charge in [-0.15, -0.1) is 11.3 Å². The minimum absolute atomic E-state index is 0.133. The van der Waals surface area contributed by atoms with Gasteiger partial charge in [0, 0.05) is 17.8 Å². The SMILES string of the molecule is CCOC(=O)c1c(NC(=O)CCCN2C(=O)/C(=C/C(C)=C/c3ccccc3)SC2=S)sc2c1CCCC2. The molecule has 2 aromatic rings.